The Morgan fingerprint density at radius 3 is 2.29 bits per heavy atom. The lowest BCUT2D eigenvalue weighted by molar-refractivity contribution is -0.145. The number of hydrogen-bond donors (Lipinski definition) is 8. The third kappa shape index (κ3) is 9.19. The second kappa shape index (κ2) is 13.9. The van der Waals surface area contributed by atoms with Crippen molar-refractivity contribution in [3.05, 3.63) is 0 Å². The number of carbonyl (C=O) groups is 5. The number of likely N-dealkylation sites (tertiary alicyclic amines) is 1. The molecule has 0 spiro atoms. The summed E-state index contributed by atoms with van der Waals surface area (Å²) >= 11 is 0. The van der Waals surface area contributed by atoms with Crippen molar-refractivity contribution in [1.82, 2.24) is 15.5 Å². The number of aliphatic carboxylic acids is 1. The number of guanidine groups is 1. The Morgan fingerprint density at radius 2 is 1.74 bits per heavy atom. The summed E-state index contributed by atoms with van der Waals surface area (Å²) in [5.74, 6) is -4.19. The van der Waals surface area contributed by atoms with Gasteiger partial charge in [-0.2, -0.15) is 0 Å². The van der Waals surface area contributed by atoms with Gasteiger partial charge in [0.2, 0.25) is 23.6 Å². The minimum Gasteiger partial charge on any atom is -0.480 e. The van der Waals surface area contributed by atoms with Crippen LogP contribution in [0, 0.1) is 0 Å². The first-order valence-electron chi connectivity index (χ1n) is 10.8. The first-order valence-corrected chi connectivity index (χ1v) is 10.8. The number of carboxylic acid groups (broad SMARTS) is 1. The molecular weight excluding hydrogens is 452 g/mol. The number of aliphatic hydroxyl groups is 1. The van der Waals surface area contributed by atoms with Gasteiger partial charge < -0.3 is 48.7 Å². The second-order valence-electron chi connectivity index (χ2n) is 7.89. The van der Waals surface area contributed by atoms with Crippen LogP contribution >= 0.6 is 0 Å². The molecule has 0 aromatic carbocycles. The molecule has 0 aromatic heterocycles. The SMILES string of the molecule is NC(=O)CCC(NC(=O)C1CCCN1C(=O)C(CCCN=C(N)N)NC(=O)C(N)CO)C(=O)O. The van der Waals surface area contributed by atoms with E-state index in [0.717, 1.165) is 0 Å². The van der Waals surface area contributed by atoms with Gasteiger partial charge in [0.15, 0.2) is 5.96 Å². The first-order chi connectivity index (χ1) is 16.0. The fourth-order valence-corrected chi connectivity index (χ4v) is 3.44. The molecule has 0 aliphatic carbocycles. The van der Waals surface area contributed by atoms with Crippen molar-refractivity contribution in [2.75, 3.05) is 19.7 Å². The van der Waals surface area contributed by atoms with Crippen LogP contribution in [0.15, 0.2) is 4.99 Å². The number of aliphatic hydroxyl groups excluding tert-OH is 1. The highest BCUT2D eigenvalue weighted by Crippen LogP contribution is 2.20. The van der Waals surface area contributed by atoms with Gasteiger partial charge in [-0.05, 0) is 32.1 Å². The predicted octanol–water partition coefficient (Wildman–Crippen LogP) is -4.33. The molecule has 0 bridgehead atoms. The summed E-state index contributed by atoms with van der Waals surface area (Å²) in [7, 11) is 0. The van der Waals surface area contributed by atoms with Crippen LogP contribution in [0.1, 0.15) is 38.5 Å². The van der Waals surface area contributed by atoms with Crippen molar-refractivity contribution < 1.29 is 34.2 Å². The van der Waals surface area contributed by atoms with E-state index >= 15 is 0 Å². The van der Waals surface area contributed by atoms with Gasteiger partial charge in [0.1, 0.15) is 24.2 Å². The molecule has 192 valence electrons. The molecule has 0 aromatic rings. The van der Waals surface area contributed by atoms with E-state index in [1.165, 1.54) is 4.90 Å². The molecule has 0 radical (unpaired) electrons. The highest BCUT2D eigenvalue weighted by atomic mass is 16.4. The van der Waals surface area contributed by atoms with Crippen molar-refractivity contribution in [3.63, 3.8) is 0 Å². The zero-order valence-corrected chi connectivity index (χ0v) is 18.8. The third-order valence-electron chi connectivity index (χ3n) is 5.23. The van der Waals surface area contributed by atoms with Crippen LogP contribution in [0.5, 0.6) is 0 Å². The van der Waals surface area contributed by atoms with Crippen LogP contribution in [0.4, 0.5) is 0 Å². The molecule has 15 heteroatoms. The van der Waals surface area contributed by atoms with Crippen molar-refractivity contribution in [3.8, 4) is 0 Å². The number of rotatable bonds is 14. The molecule has 4 amide bonds. The Kier molecular flexibility index (Phi) is 11.7. The molecule has 1 heterocycles. The Hall–Kier alpha value is -3.46. The van der Waals surface area contributed by atoms with Gasteiger partial charge in [-0.25, -0.2) is 4.79 Å². The zero-order chi connectivity index (χ0) is 25.8. The highest BCUT2D eigenvalue weighted by molar-refractivity contribution is 5.94. The maximum absolute atomic E-state index is 13.2. The van der Waals surface area contributed by atoms with Crippen LogP contribution in [0.25, 0.3) is 0 Å². The van der Waals surface area contributed by atoms with Crippen LogP contribution < -0.4 is 33.6 Å². The number of aliphatic imine (C=N–C) groups is 1. The topological polar surface area (TPSA) is 270 Å². The fraction of sp³-hybridized carbons (Fsp3) is 0.684. The van der Waals surface area contributed by atoms with Crippen molar-refractivity contribution in [2.45, 2.75) is 62.7 Å². The van der Waals surface area contributed by atoms with Gasteiger partial charge in [-0.15, -0.1) is 0 Å². The average Bonchev–Trinajstić information content (AvgIpc) is 3.26. The summed E-state index contributed by atoms with van der Waals surface area (Å²) in [5.41, 5.74) is 21.1. The van der Waals surface area contributed by atoms with Crippen LogP contribution in [-0.2, 0) is 24.0 Å². The molecular formula is C19H34N8O7. The van der Waals surface area contributed by atoms with Gasteiger partial charge in [-0.1, -0.05) is 0 Å². The van der Waals surface area contributed by atoms with Crippen LogP contribution in [0.2, 0.25) is 0 Å². The molecule has 4 unspecified atom stereocenters. The minimum absolute atomic E-state index is 0.126. The summed E-state index contributed by atoms with van der Waals surface area (Å²) in [5, 5.41) is 23.3. The van der Waals surface area contributed by atoms with E-state index in [1.807, 2.05) is 0 Å². The molecule has 1 saturated heterocycles. The molecule has 1 aliphatic heterocycles. The summed E-state index contributed by atoms with van der Waals surface area (Å²) in [6, 6.07) is -4.63. The van der Waals surface area contributed by atoms with Crippen molar-refractivity contribution in [2.24, 2.45) is 27.9 Å². The summed E-state index contributed by atoms with van der Waals surface area (Å²) < 4.78 is 0. The molecule has 1 rings (SSSR count). The number of carbonyl (C=O) groups excluding carboxylic acids is 4. The van der Waals surface area contributed by atoms with Crippen LogP contribution in [0.3, 0.4) is 0 Å². The zero-order valence-electron chi connectivity index (χ0n) is 18.8. The minimum atomic E-state index is -1.35. The number of nitrogens with two attached hydrogens (primary N) is 4. The van der Waals surface area contributed by atoms with Gasteiger partial charge in [0.25, 0.3) is 0 Å². The number of hydrogen-bond acceptors (Lipinski definition) is 8. The maximum atomic E-state index is 13.2. The molecule has 12 N–H and O–H groups in total. The van der Waals surface area contributed by atoms with Crippen LogP contribution in [-0.4, -0.2) is 94.5 Å². The van der Waals surface area contributed by atoms with Gasteiger partial charge >= 0.3 is 5.97 Å². The van der Waals surface area contributed by atoms with E-state index in [0.29, 0.717) is 12.8 Å². The monoisotopic (exact) mass is 486 g/mol. The largest absolute Gasteiger partial charge is 0.480 e. The van der Waals surface area contributed by atoms with E-state index in [2.05, 4.69) is 15.6 Å². The number of nitrogens with zero attached hydrogens (tertiary/aromatic N) is 2. The average molecular weight is 487 g/mol. The Bertz CT molecular complexity index is 787. The predicted molar refractivity (Wildman–Crippen MR) is 120 cm³/mol. The standard InChI is InChI=1S/C19H34N8O7/c20-10(9-28)15(30)25-11(3-1-7-24-19(22)23)17(32)27-8-2-4-13(27)16(31)26-12(18(33)34)5-6-14(21)29/h10-13,28H,1-9,20H2,(H2,21,29)(H,25,30)(H,26,31)(H,33,34)(H4,22,23,24). The van der Waals surface area contributed by atoms with Crippen molar-refractivity contribution >= 4 is 35.6 Å². The summed E-state index contributed by atoms with van der Waals surface area (Å²) in [4.78, 5) is 65.7. The lowest BCUT2D eigenvalue weighted by Crippen LogP contribution is -2.57. The molecule has 1 aliphatic rings. The molecule has 0 saturated carbocycles. The normalized spacial score (nSPS) is 17.8. The summed E-state index contributed by atoms with van der Waals surface area (Å²) in [6.45, 7) is -0.224. The van der Waals surface area contributed by atoms with E-state index < -0.39 is 60.4 Å². The van der Waals surface area contributed by atoms with E-state index in [1.54, 1.807) is 0 Å². The number of carboxylic acids is 1. The number of primary amides is 1. The molecule has 34 heavy (non-hydrogen) atoms. The first kappa shape index (κ1) is 28.6. The number of nitrogens with one attached hydrogen (secondary N) is 2. The number of amides is 4. The van der Waals surface area contributed by atoms with E-state index in [-0.39, 0.29) is 44.7 Å². The lowest BCUT2D eigenvalue weighted by atomic mass is 10.1. The Morgan fingerprint density at radius 1 is 1.06 bits per heavy atom. The van der Waals surface area contributed by atoms with E-state index in [9.17, 15) is 29.1 Å². The molecule has 15 nitrogen and oxygen atoms in total. The third-order valence-corrected chi connectivity index (χ3v) is 5.23. The Labute approximate surface area is 196 Å². The fourth-order valence-electron chi connectivity index (χ4n) is 3.44. The maximum Gasteiger partial charge on any atom is 0.326 e. The Balaban J connectivity index is 2.95. The van der Waals surface area contributed by atoms with Gasteiger partial charge in [-0.3, -0.25) is 24.2 Å². The highest BCUT2D eigenvalue weighted by Gasteiger charge is 2.39. The van der Waals surface area contributed by atoms with Gasteiger partial charge in [0, 0.05) is 19.5 Å². The van der Waals surface area contributed by atoms with Gasteiger partial charge in [0.05, 0.1) is 6.61 Å². The van der Waals surface area contributed by atoms with Crippen molar-refractivity contribution in [1.29, 1.82) is 0 Å². The quantitative estimate of drug-likeness (QED) is 0.0664. The summed E-state index contributed by atoms with van der Waals surface area (Å²) in [6.07, 6.45) is 0.778. The second-order valence-corrected chi connectivity index (χ2v) is 7.89. The molecule has 4 atom stereocenters. The molecule has 1 fully saturated rings. The smallest absolute Gasteiger partial charge is 0.326 e. The lowest BCUT2D eigenvalue weighted by Gasteiger charge is -2.30. The van der Waals surface area contributed by atoms with E-state index in [4.69, 9.17) is 28.0 Å².